The zero-order valence-electron chi connectivity index (χ0n) is 12.0. The molecule has 102 valence electrons. The molecule has 0 saturated heterocycles. The molecule has 1 heterocycles. The van der Waals surface area contributed by atoms with Gasteiger partial charge in [0.2, 0.25) is 0 Å². The van der Waals surface area contributed by atoms with Crippen LogP contribution in [0.2, 0.25) is 0 Å². The van der Waals surface area contributed by atoms with Crippen LogP contribution < -0.4 is 10.1 Å². The molecule has 0 bridgehead atoms. The molecule has 1 N–H and O–H groups in total. The van der Waals surface area contributed by atoms with E-state index >= 15 is 0 Å². The van der Waals surface area contributed by atoms with Crippen molar-refractivity contribution in [2.24, 2.45) is 0 Å². The van der Waals surface area contributed by atoms with Gasteiger partial charge in [0.05, 0.1) is 18.8 Å². The van der Waals surface area contributed by atoms with Gasteiger partial charge in [-0.2, -0.15) is 5.10 Å². The lowest BCUT2D eigenvalue weighted by molar-refractivity contribution is 0.403. The van der Waals surface area contributed by atoms with Crippen molar-refractivity contribution in [1.82, 2.24) is 15.1 Å². The molecule has 0 aliphatic heterocycles. The van der Waals surface area contributed by atoms with Crippen LogP contribution in [0, 0.1) is 6.92 Å². The topological polar surface area (TPSA) is 39.1 Å². The van der Waals surface area contributed by atoms with Crippen molar-refractivity contribution in [2.75, 3.05) is 14.2 Å². The molecular formula is C15H21N3O. The summed E-state index contributed by atoms with van der Waals surface area (Å²) in [6, 6.07) is 8.41. The van der Waals surface area contributed by atoms with Gasteiger partial charge >= 0.3 is 0 Å². The van der Waals surface area contributed by atoms with Gasteiger partial charge in [-0.1, -0.05) is 12.1 Å². The summed E-state index contributed by atoms with van der Waals surface area (Å²) in [7, 11) is 3.67. The minimum atomic E-state index is 0.0815. The first-order chi connectivity index (χ1) is 9.21. The fourth-order valence-electron chi connectivity index (χ4n) is 2.37. The second-order valence-electron chi connectivity index (χ2n) is 4.54. The van der Waals surface area contributed by atoms with Crippen molar-refractivity contribution in [3.05, 3.63) is 47.3 Å². The summed E-state index contributed by atoms with van der Waals surface area (Å²) >= 11 is 0. The third kappa shape index (κ3) is 2.63. The van der Waals surface area contributed by atoms with Crippen molar-refractivity contribution in [2.45, 2.75) is 26.4 Å². The predicted octanol–water partition coefficient (Wildman–Crippen LogP) is 2.53. The van der Waals surface area contributed by atoms with E-state index in [1.165, 1.54) is 5.56 Å². The van der Waals surface area contributed by atoms with Crippen LogP contribution in [0.25, 0.3) is 0 Å². The van der Waals surface area contributed by atoms with E-state index in [-0.39, 0.29) is 6.04 Å². The largest absolute Gasteiger partial charge is 0.496 e. The van der Waals surface area contributed by atoms with Crippen LogP contribution in [0.4, 0.5) is 0 Å². The highest BCUT2D eigenvalue weighted by Crippen LogP contribution is 2.30. The maximum absolute atomic E-state index is 5.51. The molecule has 2 rings (SSSR count). The Labute approximate surface area is 114 Å². The van der Waals surface area contributed by atoms with Gasteiger partial charge in [0, 0.05) is 18.3 Å². The minimum Gasteiger partial charge on any atom is -0.496 e. The van der Waals surface area contributed by atoms with Crippen LogP contribution in [0.3, 0.4) is 0 Å². The van der Waals surface area contributed by atoms with Crippen molar-refractivity contribution in [1.29, 1.82) is 0 Å². The van der Waals surface area contributed by atoms with Crippen molar-refractivity contribution >= 4 is 0 Å². The summed E-state index contributed by atoms with van der Waals surface area (Å²) in [6.45, 7) is 5.02. The number of methoxy groups -OCH3 is 1. The van der Waals surface area contributed by atoms with E-state index in [0.717, 1.165) is 23.6 Å². The maximum Gasteiger partial charge on any atom is 0.124 e. The highest BCUT2D eigenvalue weighted by atomic mass is 16.5. The Bertz CT molecular complexity index is 548. The summed E-state index contributed by atoms with van der Waals surface area (Å²) in [5, 5.41) is 7.69. The first-order valence-electron chi connectivity index (χ1n) is 6.54. The summed E-state index contributed by atoms with van der Waals surface area (Å²) in [4.78, 5) is 0. The molecule has 0 aliphatic rings. The van der Waals surface area contributed by atoms with Crippen LogP contribution in [0.5, 0.6) is 5.75 Å². The highest BCUT2D eigenvalue weighted by Gasteiger charge is 2.19. The van der Waals surface area contributed by atoms with Crippen molar-refractivity contribution in [3.8, 4) is 5.75 Å². The lowest BCUT2D eigenvalue weighted by Crippen LogP contribution is -2.22. The van der Waals surface area contributed by atoms with Gasteiger partial charge in [0.15, 0.2) is 0 Å². The van der Waals surface area contributed by atoms with E-state index in [1.807, 2.05) is 24.0 Å². The SMILES string of the molecule is CCn1nccc1C(NC)c1ccc(C)cc1OC. The Morgan fingerprint density at radius 3 is 2.79 bits per heavy atom. The van der Waals surface area contributed by atoms with Gasteiger partial charge in [-0.15, -0.1) is 0 Å². The lowest BCUT2D eigenvalue weighted by atomic mass is 10.0. The average molecular weight is 259 g/mol. The summed E-state index contributed by atoms with van der Waals surface area (Å²) in [5.41, 5.74) is 3.47. The van der Waals surface area contributed by atoms with Gasteiger partial charge < -0.3 is 10.1 Å². The monoisotopic (exact) mass is 259 g/mol. The normalized spacial score (nSPS) is 12.4. The van der Waals surface area contributed by atoms with Crippen LogP contribution >= 0.6 is 0 Å². The Hall–Kier alpha value is -1.81. The summed E-state index contributed by atoms with van der Waals surface area (Å²) < 4.78 is 7.51. The number of hydrogen-bond acceptors (Lipinski definition) is 3. The smallest absolute Gasteiger partial charge is 0.124 e. The number of aryl methyl sites for hydroxylation is 2. The van der Waals surface area contributed by atoms with Gasteiger partial charge in [0.1, 0.15) is 5.75 Å². The number of nitrogens with zero attached hydrogens (tertiary/aromatic N) is 2. The second kappa shape index (κ2) is 5.89. The second-order valence-corrected chi connectivity index (χ2v) is 4.54. The van der Waals surface area contributed by atoms with Gasteiger partial charge in [0.25, 0.3) is 0 Å². The first kappa shape index (κ1) is 13.6. The zero-order valence-corrected chi connectivity index (χ0v) is 12.0. The van der Waals surface area contributed by atoms with E-state index in [2.05, 4.69) is 42.5 Å². The van der Waals surface area contributed by atoms with Crippen molar-refractivity contribution < 1.29 is 4.74 Å². The standard InChI is InChI=1S/C15H21N3O/c1-5-18-13(8-9-17-18)15(16-3)12-7-6-11(2)10-14(12)19-4/h6-10,15-16H,5H2,1-4H3. The Morgan fingerprint density at radius 2 is 2.16 bits per heavy atom. The number of hydrogen-bond donors (Lipinski definition) is 1. The Kier molecular flexibility index (Phi) is 4.22. The lowest BCUT2D eigenvalue weighted by Gasteiger charge is -2.20. The van der Waals surface area contributed by atoms with Gasteiger partial charge in [-0.3, -0.25) is 4.68 Å². The Balaban J connectivity index is 2.48. The molecule has 0 amide bonds. The molecular weight excluding hydrogens is 238 g/mol. The summed E-state index contributed by atoms with van der Waals surface area (Å²) in [6.07, 6.45) is 1.84. The maximum atomic E-state index is 5.51. The predicted molar refractivity (Wildman–Crippen MR) is 76.5 cm³/mol. The molecule has 4 heteroatoms. The first-order valence-corrected chi connectivity index (χ1v) is 6.54. The van der Waals surface area contributed by atoms with E-state index < -0.39 is 0 Å². The van der Waals surface area contributed by atoms with E-state index in [0.29, 0.717) is 0 Å². The molecule has 0 aliphatic carbocycles. The molecule has 1 aromatic heterocycles. The average Bonchev–Trinajstić information content (AvgIpc) is 2.89. The summed E-state index contributed by atoms with van der Waals surface area (Å²) in [5.74, 6) is 0.906. The van der Waals surface area contributed by atoms with Gasteiger partial charge in [-0.05, 0) is 38.6 Å². The van der Waals surface area contributed by atoms with E-state index in [1.54, 1.807) is 7.11 Å². The minimum absolute atomic E-state index is 0.0815. The molecule has 19 heavy (non-hydrogen) atoms. The van der Waals surface area contributed by atoms with E-state index in [4.69, 9.17) is 4.74 Å². The van der Waals surface area contributed by atoms with Crippen LogP contribution in [0.15, 0.2) is 30.5 Å². The van der Waals surface area contributed by atoms with Gasteiger partial charge in [-0.25, -0.2) is 0 Å². The third-order valence-corrected chi connectivity index (χ3v) is 3.33. The number of benzene rings is 1. The molecule has 4 nitrogen and oxygen atoms in total. The van der Waals surface area contributed by atoms with E-state index in [9.17, 15) is 0 Å². The molecule has 0 fully saturated rings. The fourth-order valence-corrected chi connectivity index (χ4v) is 2.37. The number of nitrogens with one attached hydrogen (secondary N) is 1. The van der Waals surface area contributed by atoms with Crippen LogP contribution in [-0.4, -0.2) is 23.9 Å². The fraction of sp³-hybridized carbons (Fsp3) is 0.400. The molecule has 1 atom stereocenters. The Morgan fingerprint density at radius 1 is 1.37 bits per heavy atom. The zero-order chi connectivity index (χ0) is 13.8. The number of aromatic nitrogens is 2. The third-order valence-electron chi connectivity index (χ3n) is 3.33. The molecule has 0 saturated carbocycles. The molecule has 2 aromatic rings. The molecule has 1 aromatic carbocycles. The van der Waals surface area contributed by atoms with Crippen LogP contribution in [0.1, 0.15) is 29.8 Å². The quantitative estimate of drug-likeness (QED) is 0.897. The number of rotatable bonds is 5. The number of ether oxygens (including phenoxy) is 1. The molecule has 1 unspecified atom stereocenters. The van der Waals surface area contributed by atoms with Crippen molar-refractivity contribution in [3.63, 3.8) is 0 Å². The molecule has 0 spiro atoms. The van der Waals surface area contributed by atoms with Crippen LogP contribution in [-0.2, 0) is 6.54 Å². The molecule has 0 radical (unpaired) electrons. The highest BCUT2D eigenvalue weighted by molar-refractivity contribution is 5.42.